The highest BCUT2D eigenvalue weighted by Crippen LogP contribution is 2.37. The van der Waals surface area contributed by atoms with Crippen LogP contribution in [0.15, 0.2) is 36.4 Å². The number of rotatable bonds is 5. The molecular weight excluding hydrogens is 368 g/mol. The number of hydrogen-bond donors (Lipinski definition) is 1. The maximum atomic E-state index is 12.6. The minimum Gasteiger partial charge on any atom is -0.502 e. The van der Waals surface area contributed by atoms with Gasteiger partial charge in [0.25, 0.3) is 0 Å². The zero-order valence-electron chi connectivity index (χ0n) is 17.4. The van der Waals surface area contributed by atoms with Crippen LogP contribution in [0.2, 0.25) is 0 Å². The van der Waals surface area contributed by atoms with Crippen molar-refractivity contribution < 1.29 is 19.4 Å². The van der Waals surface area contributed by atoms with Crippen LogP contribution >= 0.6 is 0 Å². The molecule has 29 heavy (non-hydrogen) atoms. The van der Waals surface area contributed by atoms with E-state index in [1.54, 1.807) is 24.3 Å². The molecule has 2 aromatic carbocycles. The monoisotopic (exact) mass is 396 g/mol. The number of ether oxygens (including phenoxy) is 2. The number of anilines is 1. The molecule has 0 spiro atoms. The van der Waals surface area contributed by atoms with Crippen molar-refractivity contribution in [1.82, 2.24) is 4.90 Å². The Hall–Kier alpha value is -3.15. The largest absolute Gasteiger partial charge is 0.502 e. The molecule has 1 fully saturated rings. The normalized spacial score (nSPS) is 14.3. The van der Waals surface area contributed by atoms with E-state index in [4.69, 9.17) is 9.47 Å². The Kier molecular flexibility index (Phi) is 6.32. The summed E-state index contributed by atoms with van der Waals surface area (Å²) in [6, 6.07) is 9.81. The summed E-state index contributed by atoms with van der Waals surface area (Å²) in [6.07, 6.45) is 3.27. The molecule has 0 atom stereocenters. The lowest BCUT2D eigenvalue weighted by atomic mass is 10.1. The fraction of sp³-hybridized carbons (Fsp3) is 0.348. The van der Waals surface area contributed by atoms with E-state index < -0.39 is 0 Å². The van der Waals surface area contributed by atoms with Crippen LogP contribution in [0.4, 0.5) is 5.69 Å². The van der Waals surface area contributed by atoms with E-state index in [-0.39, 0.29) is 11.7 Å². The van der Waals surface area contributed by atoms with Crippen molar-refractivity contribution >= 4 is 17.7 Å². The van der Waals surface area contributed by atoms with Gasteiger partial charge in [0, 0.05) is 37.9 Å². The number of benzene rings is 2. The minimum atomic E-state index is -0.0546. The van der Waals surface area contributed by atoms with Crippen LogP contribution in [-0.4, -0.2) is 56.3 Å². The number of nitrogens with zero attached hydrogens (tertiary/aromatic N) is 2. The number of aryl methyl sites for hydroxylation is 2. The van der Waals surface area contributed by atoms with Gasteiger partial charge in [0.05, 0.1) is 14.2 Å². The van der Waals surface area contributed by atoms with E-state index >= 15 is 0 Å². The van der Waals surface area contributed by atoms with Gasteiger partial charge in [-0.3, -0.25) is 4.79 Å². The second-order valence-corrected chi connectivity index (χ2v) is 7.21. The summed E-state index contributed by atoms with van der Waals surface area (Å²) in [5, 5.41) is 9.99. The molecule has 1 aliphatic rings. The molecule has 0 saturated carbocycles. The number of phenolic OH excluding ortho intramolecular Hbond substituents is 1. The quantitative estimate of drug-likeness (QED) is 0.785. The highest BCUT2D eigenvalue weighted by atomic mass is 16.5. The zero-order valence-corrected chi connectivity index (χ0v) is 17.4. The molecule has 6 heteroatoms. The van der Waals surface area contributed by atoms with E-state index in [1.807, 2.05) is 4.90 Å². The molecule has 3 rings (SSSR count). The average Bonchev–Trinajstić information content (AvgIpc) is 2.73. The van der Waals surface area contributed by atoms with Crippen molar-refractivity contribution in [3.05, 3.63) is 53.1 Å². The number of piperazine rings is 1. The first-order valence-corrected chi connectivity index (χ1v) is 9.67. The van der Waals surface area contributed by atoms with Crippen LogP contribution in [0.25, 0.3) is 6.08 Å². The van der Waals surface area contributed by atoms with Crippen LogP contribution in [-0.2, 0) is 4.79 Å². The third-order valence-corrected chi connectivity index (χ3v) is 5.20. The molecule has 1 N–H and O–H groups in total. The van der Waals surface area contributed by atoms with Gasteiger partial charge in [-0.15, -0.1) is 0 Å². The van der Waals surface area contributed by atoms with Gasteiger partial charge < -0.3 is 24.4 Å². The summed E-state index contributed by atoms with van der Waals surface area (Å²) in [7, 11) is 2.95. The smallest absolute Gasteiger partial charge is 0.246 e. The van der Waals surface area contributed by atoms with Crippen molar-refractivity contribution in [2.24, 2.45) is 0 Å². The van der Waals surface area contributed by atoms with Crippen LogP contribution in [0.5, 0.6) is 17.2 Å². The number of carbonyl (C=O) groups is 1. The van der Waals surface area contributed by atoms with E-state index in [0.717, 1.165) is 18.7 Å². The second-order valence-electron chi connectivity index (χ2n) is 7.21. The average molecular weight is 396 g/mol. The minimum absolute atomic E-state index is 0.0312. The molecule has 0 aliphatic carbocycles. The molecule has 0 aromatic heterocycles. The van der Waals surface area contributed by atoms with Crippen LogP contribution < -0.4 is 14.4 Å². The summed E-state index contributed by atoms with van der Waals surface area (Å²) >= 11 is 0. The zero-order chi connectivity index (χ0) is 21.0. The Bertz CT molecular complexity index is 890. The molecule has 1 amide bonds. The number of methoxy groups -OCH3 is 2. The Morgan fingerprint density at radius 2 is 1.62 bits per heavy atom. The molecule has 1 saturated heterocycles. The summed E-state index contributed by atoms with van der Waals surface area (Å²) in [5.41, 5.74) is 4.48. The second kappa shape index (κ2) is 8.90. The SMILES string of the molecule is COc1cc(/C=C/C(=O)N2CCN(c3ccc(C)cc3C)CC2)cc(OC)c1O. The standard InChI is InChI=1S/C23H28N2O4/c1-16-5-7-19(17(2)13-16)24-9-11-25(12-10-24)22(26)8-6-18-14-20(28-3)23(27)21(15-18)29-4/h5-8,13-15,27H,9-12H2,1-4H3/b8-6+. The van der Waals surface area contributed by atoms with E-state index in [9.17, 15) is 9.90 Å². The first-order valence-electron chi connectivity index (χ1n) is 9.67. The third kappa shape index (κ3) is 4.65. The lowest BCUT2D eigenvalue weighted by Crippen LogP contribution is -2.48. The van der Waals surface area contributed by atoms with Gasteiger partial charge in [0.2, 0.25) is 11.7 Å². The van der Waals surface area contributed by atoms with Gasteiger partial charge in [-0.2, -0.15) is 0 Å². The third-order valence-electron chi connectivity index (χ3n) is 5.20. The van der Waals surface area contributed by atoms with Crippen LogP contribution in [0.1, 0.15) is 16.7 Å². The van der Waals surface area contributed by atoms with Crippen molar-refractivity contribution in [2.45, 2.75) is 13.8 Å². The summed E-state index contributed by atoms with van der Waals surface area (Å²) < 4.78 is 10.3. The Morgan fingerprint density at radius 1 is 1.00 bits per heavy atom. The molecule has 6 nitrogen and oxygen atoms in total. The predicted octanol–water partition coefficient (Wildman–Crippen LogP) is 3.39. The number of aromatic hydroxyl groups is 1. The lowest BCUT2D eigenvalue weighted by molar-refractivity contribution is -0.126. The Labute approximate surface area is 172 Å². The van der Waals surface area contributed by atoms with Gasteiger partial charge in [0.15, 0.2) is 11.5 Å². The Morgan fingerprint density at radius 3 is 2.17 bits per heavy atom. The van der Waals surface area contributed by atoms with Crippen molar-refractivity contribution in [3.63, 3.8) is 0 Å². The summed E-state index contributed by atoms with van der Waals surface area (Å²) in [5.74, 6) is 0.523. The number of phenols is 1. The maximum absolute atomic E-state index is 12.6. The molecule has 0 bridgehead atoms. The highest BCUT2D eigenvalue weighted by Gasteiger charge is 2.21. The molecule has 1 aliphatic heterocycles. The molecule has 2 aromatic rings. The van der Waals surface area contributed by atoms with Crippen LogP contribution in [0, 0.1) is 13.8 Å². The van der Waals surface area contributed by atoms with Gasteiger partial charge in [0.1, 0.15) is 0 Å². The molecule has 0 unspecified atom stereocenters. The van der Waals surface area contributed by atoms with E-state index in [0.29, 0.717) is 24.6 Å². The lowest BCUT2D eigenvalue weighted by Gasteiger charge is -2.36. The van der Waals surface area contributed by atoms with Crippen molar-refractivity contribution in [3.8, 4) is 17.2 Å². The van der Waals surface area contributed by atoms with Gasteiger partial charge in [-0.1, -0.05) is 17.7 Å². The Balaban J connectivity index is 1.64. The van der Waals surface area contributed by atoms with Gasteiger partial charge >= 0.3 is 0 Å². The number of amides is 1. The molecule has 0 radical (unpaired) electrons. The van der Waals surface area contributed by atoms with E-state index in [2.05, 4.69) is 36.9 Å². The first kappa shape index (κ1) is 20.6. The fourth-order valence-corrected chi connectivity index (χ4v) is 3.61. The van der Waals surface area contributed by atoms with Crippen molar-refractivity contribution in [1.29, 1.82) is 0 Å². The van der Waals surface area contributed by atoms with Gasteiger partial charge in [-0.05, 0) is 49.2 Å². The van der Waals surface area contributed by atoms with Crippen LogP contribution in [0.3, 0.4) is 0 Å². The molecule has 1 heterocycles. The van der Waals surface area contributed by atoms with E-state index in [1.165, 1.54) is 31.0 Å². The van der Waals surface area contributed by atoms with Gasteiger partial charge in [-0.25, -0.2) is 0 Å². The van der Waals surface area contributed by atoms with Crippen molar-refractivity contribution in [2.75, 3.05) is 45.3 Å². The highest BCUT2D eigenvalue weighted by molar-refractivity contribution is 5.92. The molecule has 154 valence electrons. The topological polar surface area (TPSA) is 62.2 Å². The summed E-state index contributed by atoms with van der Waals surface area (Å²) in [4.78, 5) is 16.8. The fourth-order valence-electron chi connectivity index (χ4n) is 3.61. The number of carbonyl (C=O) groups excluding carboxylic acids is 1. The maximum Gasteiger partial charge on any atom is 0.246 e. The molecular formula is C23H28N2O4. The predicted molar refractivity (Wildman–Crippen MR) is 115 cm³/mol. The summed E-state index contributed by atoms with van der Waals surface area (Å²) in [6.45, 7) is 7.20. The first-order chi connectivity index (χ1) is 13.9. The number of hydrogen-bond acceptors (Lipinski definition) is 5.